The molecule has 0 unspecified atom stereocenters. The number of amides is 1. The van der Waals surface area contributed by atoms with Gasteiger partial charge in [-0.05, 0) is 49.1 Å². The molecule has 0 aliphatic heterocycles. The van der Waals surface area contributed by atoms with Crippen LogP contribution in [0.1, 0.15) is 42.6 Å². The predicted molar refractivity (Wildman–Crippen MR) is 104 cm³/mol. The molecule has 25 heavy (non-hydrogen) atoms. The molecule has 2 rings (SSSR count). The minimum Gasteiger partial charge on any atom is -0.370 e. The summed E-state index contributed by atoms with van der Waals surface area (Å²) in [5, 5.41) is 4.03. The van der Waals surface area contributed by atoms with Gasteiger partial charge in [-0.15, -0.1) is 0 Å². The second-order valence-corrected chi connectivity index (χ2v) is 6.46. The van der Waals surface area contributed by atoms with Crippen LogP contribution in [0.2, 0.25) is 5.02 Å². The van der Waals surface area contributed by atoms with E-state index in [2.05, 4.69) is 24.1 Å². The summed E-state index contributed by atoms with van der Waals surface area (Å²) in [5.74, 6) is 0.840. The predicted octanol–water partition coefficient (Wildman–Crippen LogP) is 4.65. The van der Waals surface area contributed by atoms with Gasteiger partial charge in [0.25, 0.3) is 5.91 Å². The number of carbonyl (C=O) groups excluding carboxylic acids is 1. The van der Waals surface area contributed by atoms with Crippen molar-refractivity contribution in [2.24, 2.45) is 0 Å². The molecule has 0 aliphatic rings. The fourth-order valence-corrected chi connectivity index (χ4v) is 2.77. The number of nitrogens with one attached hydrogen (secondary N) is 1. The number of aromatic nitrogens is 1. The van der Waals surface area contributed by atoms with E-state index in [4.69, 9.17) is 11.6 Å². The Balaban J connectivity index is 1.88. The van der Waals surface area contributed by atoms with Crippen molar-refractivity contribution in [3.63, 3.8) is 0 Å². The second kappa shape index (κ2) is 10.0. The first-order chi connectivity index (χ1) is 12.1. The molecule has 1 amide bonds. The summed E-state index contributed by atoms with van der Waals surface area (Å²) in [7, 11) is 0. The molecule has 1 N–H and O–H groups in total. The number of hydrogen-bond donors (Lipinski definition) is 1. The minimum atomic E-state index is 0.0592. The summed E-state index contributed by atoms with van der Waals surface area (Å²) in [4.78, 5) is 18.8. The van der Waals surface area contributed by atoms with Crippen LogP contribution in [0, 0.1) is 0 Å². The quantitative estimate of drug-likeness (QED) is 0.708. The van der Waals surface area contributed by atoms with Gasteiger partial charge in [0.1, 0.15) is 5.82 Å². The largest absolute Gasteiger partial charge is 0.370 e. The molecule has 2 aromatic rings. The van der Waals surface area contributed by atoms with Gasteiger partial charge in [-0.3, -0.25) is 4.79 Å². The SMILES string of the molecule is CCCN(CCC)C(=O)c1ccc(NCCc2ccc(Cl)cc2)nc1. The van der Waals surface area contributed by atoms with Crippen molar-refractivity contribution in [2.45, 2.75) is 33.1 Å². The maximum absolute atomic E-state index is 12.5. The Morgan fingerprint density at radius 2 is 1.76 bits per heavy atom. The molecule has 0 bridgehead atoms. The van der Waals surface area contributed by atoms with Crippen LogP contribution in [0.4, 0.5) is 5.82 Å². The number of pyridine rings is 1. The lowest BCUT2D eigenvalue weighted by atomic mass is 10.1. The monoisotopic (exact) mass is 359 g/mol. The number of carbonyl (C=O) groups is 1. The molecule has 0 aliphatic carbocycles. The molecule has 0 saturated carbocycles. The molecule has 4 nitrogen and oxygen atoms in total. The highest BCUT2D eigenvalue weighted by molar-refractivity contribution is 6.30. The van der Waals surface area contributed by atoms with Gasteiger partial charge in [0, 0.05) is 30.9 Å². The van der Waals surface area contributed by atoms with Gasteiger partial charge in [-0.25, -0.2) is 4.98 Å². The molecule has 1 aromatic carbocycles. The standard InChI is InChI=1S/C20H26ClN3O/c1-3-13-24(14-4-2)20(25)17-7-10-19(23-15-17)22-12-11-16-5-8-18(21)9-6-16/h5-10,15H,3-4,11-14H2,1-2H3,(H,22,23). The highest BCUT2D eigenvalue weighted by Crippen LogP contribution is 2.12. The Labute approximate surface area is 155 Å². The average Bonchev–Trinajstić information content (AvgIpc) is 2.63. The summed E-state index contributed by atoms with van der Waals surface area (Å²) in [6.07, 6.45) is 4.47. The zero-order valence-corrected chi connectivity index (χ0v) is 15.7. The van der Waals surface area contributed by atoms with Crippen molar-refractivity contribution < 1.29 is 4.79 Å². The highest BCUT2D eigenvalue weighted by atomic mass is 35.5. The molecule has 1 heterocycles. The molecule has 0 spiro atoms. The Morgan fingerprint density at radius 1 is 1.08 bits per heavy atom. The van der Waals surface area contributed by atoms with Crippen LogP contribution in [-0.4, -0.2) is 35.4 Å². The van der Waals surface area contributed by atoms with Gasteiger partial charge in [0.05, 0.1) is 5.56 Å². The van der Waals surface area contributed by atoms with Crippen molar-refractivity contribution in [1.82, 2.24) is 9.88 Å². The normalized spacial score (nSPS) is 10.5. The lowest BCUT2D eigenvalue weighted by Crippen LogP contribution is -2.32. The van der Waals surface area contributed by atoms with Gasteiger partial charge in [-0.2, -0.15) is 0 Å². The second-order valence-electron chi connectivity index (χ2n) is 6.03. The zero-order valence-electron chi connectivity index (χ0n) is 15.0. The molecule has 134 valence electrons. The molecule has 5 heteroatoms. The summed E-state index contributed by atoms with van der Waals surface area (Å²) >= 11 is 5.89. The van der Waals surface area contributed by atoms with Crippen LogP contribution in [0.15, 0.2) is 42.6 Å². The first-order valence-corrected chi connectivity index (χ1v) is 9.25. The van der Waals surface area contributed by atoms with E-state index < -0.39 is 0 Å². The third-order valence-corrected chi connectivity index (χ3v) is 4.17. The molecule has 0 fully saturated rings. The number of hydrogen-bond acceptors (Lipinski definition) is 3. The van der Waals surface area contributed by atoms with E-state index in [0.29, 0.717) is 5.56 Å². The topological polar surface area (TPSA) is 45.2 Å². The van der Waals surface area contributed by atoms with Gasteiger partial charge >= 0.3 is 0 Å². The Kier molecular flexibility index (Phi) is 7.74. The first-order valence-electron chi connectivity index (χ1n) is 8.87. The smallest absolute Gasteiger partial charge is 0.255 e. The average molecular weight is 360 g/mol. The van der Waals surface area contributed by atoms with Gasteiger partial charge in [0.15, 0.2) is 0 Å². The van der Waals surface area contributed by atoms with Crippen molar-refractivity contribution in [2.75, 3.05) is 25.0 Å². The fraction of sp³-hybridized carbons (Fsp3) is 0.400. The van der Waals surface area contributed by atoms with Gasteiger partial charge < -0.3 is 10.2 Å². The van der Waals surface area contributed by atoms with E-state index in [-0.39, 0.29) is 5.91 Å². The van der Waals surface area contributed by atoms with Crippen LogP contribution >= 0.6 is 11.6 Å². The third kappa shape index (κ3) is 6.05. The molecule has 1 aromatic heterocycles. The lowest BCUT2D eigenvalue weighted by molar-refractivity contribution is 0.0755. The van der Waals surface area contributed by atoms with Crippen LogP contribution in [0.25, 0.3) is 0 Å². The van der Waals surface area contributed by atoms with Crippen molar-refractivity contribution in [3.8, 4) is 0 Å². The molecule has 0 saturated heterocycles. The number of nitrogens with zero attached hydrogens (tertiary/aromatic N) is 2. The van der Waals surface area contributed by atoms with E-state index in [1.165, 1.54) is 5.56 Å². The van der Waals surface area contributed by atoms with Crippen LogP contribution in [0.3, 0.4) is 0 Å². The Bertz CT molecular complexity index is 650. The van der Waals surface area contributed by atoms with Crippen molar-refractivity contribution in [3.05, 3.63) is 58.7 Å². The van der Waals surface area contributed by atoms with E-state index >= 15 is 0 Å². The first kappa shape index (κ1) is 19.3. The van der Waals surface area contributed by atoms with Crippen LogP contribution < -0.4 is 5.32 Å². The molecular weight excluding hydrogens is 334 g/mol. The molecular formula is C20H26ClN3O. The van der Waals surface area contributed by atoms with E-state index in [9.17, 15) is 4.79 Å². The summed E-state index contributed by atoms with van der Waals surface area (Å²) in [6.45, 7) is 6.52. The Hall–Kier alpha value is -2.07. The van der Waals surface area contributed by atoms with E-state index in [1.807, 2.05) is 41.3 Å². The van der Waals surface area contributed by atoms with E-state index in [0.717, 1.165) is 49.7 Å². The third-order valence-electron chi connectivity index (χ3n) is 3.92. The van der Waals surface area contributed by atoms with Gasteiger partial charge in [-0.1, -0.05) is 37.6 Å². The summed E-state index contributed by atoms with van der Waals surface area (Å²) in [6, 6.07) is 11.6. The molecule has 0 atom stereocenters. The number of anilines is 1. The fourth-order valence-electron chi connectivity index (χ4n) is 2.65. The Morgan fingerprint density at radius 3 is 2.32 bits per heavy atom. The van der Waals surface area contributed by atoms with Crippen LogP contribution in [-0.2, 0) is 6.42 Å². The van der Waals surface area contributed by atoms with Gasteiger partial charge in [0.2, 0.25) is 0 Å². The number of benzene rings is 1. The number of rotatable bonds is 9. The van der Waals surface area contributed by atoms with Crippen molar-refractivity contribution in [1.29, 1.82) is 0 Å². The molecule has 0 radical (unpaired) electrons. The van der Waals surface area contributed by atoms with Crippen LogP contribution in [0.5, 0.6) is 0 Å². The number of halogens is 1. The lowest BCUT2D eigenvalue weighted by Gasteiger charge is -2.21. The summed E-state index contributed by atoms with van der Waals surface area (Å²) < 4.78 is 0. The minimum absolute atomic E-state index is 0.0592. The van der Waals surface area contributed by atoms with E-state index in [1.54, 1.807) is 6.20 Å². The summed E-state index contributed by atoms with van der Waals surface area (Å²) in [5.41, 5.74) is 1.86. The highest BCUT2D eigenvalue weighted by Gasteiger charge is 2.14. The van der Waals surface area contributed by atoms with Crippen molar-refractivity contribution >= 4 is 23.3 Å². The maximum atomic E-state index is 12.5. The maximum Gasteiger partial charge on any atom is 0.255 e. The zero-order chi connectivity index (χ0) is 18.1.